The second-order valence-corrected chi connectivity index (χ2v) is 3.88. The number of aromatic nitrogens is 2. The molecule has 1 N–H and O–H groups in total. The normalized spacial score (nSPS) is 12.4. The highest BCUT2D eigenvalue weighted by molar-refractivity contribution is 5.32. The molecule has 0 spiro atoms. The highest BCUT2D eigenvalue weighted by Crippen LogP contribution is 2.12. The monoisotopic (exact) mass is 207 g/mol. The van der Waals surface area contributed by atoms with Crippen LogP contribution in [-0.4, -0.2) is 16.2 Å². The SMILES string of the molecule is CCCCC(CCC)Nc1cccnn1. The Kier molecular flexibility index (Phi) is 5.74. The summed E-state index contributed by atoms with van der Waals surface area (Å²) in [6.07, 6.45) is 7.87. The maximum atomic E-state index is 4.05. The molecule has 1 unspecified atom stereocenters. The minimum Gasteiger partial charge on any atom is -0.366 e. The van der Waals surface area contributed by atoms with E-state index >= 15 is 0 Å². The van der Waals surface area contributed by atoms with Crippen LogP contribution in [0.5, 0.6) is 0 Å². The van der Waals surface area contributed by atoms with Gasteiger partial charge < -0.3 is 5.32 Å². The molecule has 84 valence electrons. The molecule has 3 heteroatoms. The van der Waals surface area contributed by atoms with Gasteiger partial charge in [-0.25, -0.2) is 0 Å². The van der Waals surface area contributed by atoms with Crippen LogP contribution in [0.25, 0.3) is 0 Å². The minimum atomic E-state index is 0.548. The number of nitrogens with one attached hydrogen (secondary N) is 1. The molecular formula is C12H21N3. The van der Waals surface area contributed by atoms with Crippen LogP contribution in [0.4, 0.5) is 5.82 Å². The molecule has 15 heavy (non-hydrogen) atoms. The molecule has 0 radical (unpaired) electrons. The number of unbranched alkanes of at least 4 members (excludes halogenated alkanes) is 1. The van der Waals surface area contributed by atoms with Crippen molar-refractivity contribution in [3.05, 3.63) is 18.3 Å². The fourth-order valence-electron chi connectivity index (χ4n) is 1.68. The van der Waals surface area contributed by atoms with Crippen molar-refractivity contribution in [1.82, 2.24) is 10.2 Å². The quantitative estimate of drug-likeness (QED) is 0.745. The summed E-state index contributed by atoms with van der Waals surface area (Å²) in [5.41, 5.74) is 0. The second-order valence-electron chi connectivity index (χ2n) is 3.88. The molecule has 1 rings (SSSR count). The van der Waals surface area contributed by atoms with Gasteiger partial charge in [0.2, 0.25) is 0 Å². The van der Waals surface area contributed by atoms with Crippen molar-refractivity contribution >= 4 is 5.82 Å². The lowest BCUT2D eigenvalue weighted by atomic mass is 10.1. The summed E-state index contributed by atoms with van der Waals surface area (Å²) in [4.78, 5) is 0. The topological polar surface area (TPSA) is 37.8 Å². The van der Waals surface area contributed by atoms with E-state index in [-0.39, 0.29) is 0 Å². The van der Waals surface area contributed by atoms with E-state index in [0.717, 1.165) is 5.82 Å². The van der Waals surface area contributed by atoms with Gasteiger partial charge in [0, 0.05) is 12.2 Å². The van der Waals surface area contributed by atoms with Gasteiger partial charge in [-0.2, -0.15) is 5.10 Å². The maximum absolute atomic E-state index is 4.05. The highest BCUT2D eigenvalue weighted by atomic mass is 15.2. The number of rotatable bonds is 7. The zero-order valence-electron chi connectivity index (χ0n) is 9.74. The Morgan fingerprint density at radius 2 is 2.13 bits per heavy atom. The standard InChI is InChI=1S/C12H21N3/c1-3-5-8-11(7-4-2)14-12-9-6-10-13-15-12/h6,9-11H,3-5,7-8H2,1-2H3,(H,14,15). The molecule has 0 amide bonds. The summed E-state index contributed by atoms with van der Waals surface area (Å²) in [6.45, 7) is 4.45. The van der Waals surface area contributed by atoms with Gasteiger partial charge in [0.1, 0.15) is 5.82 Å². The maximum Gasteiger partial charge on any atom is 0.148 e. The van der Waals surface area contributed by atoms with Crippen molar-refractivity contribution in [1.29, 1.82) is 0 Å². The van der Waals surface area contributed by atoms with E-state index in [1.807, 2.05) is 12.1 Å². The fourth-order valence-corrected chi connectivity index (χ4v) is 1.68. The van der Waals surface area contributed by atoms with Crippen molar-refractivity contribution in [3.63, 3.8) is 0 Å². The molecule has 0 aliphatic rings. The van der Waals surface area contributed by atoms with E-state index in [9.17, 15) is 0 Å². The lowest BCUT2D eigenvalue weighted by Crippen LogP contribution is -2.20. The first kappa shape index (κ1) is 12.0. The van der Waals surface area contributed by atoms with Crippen molar-refractivity contribution in [2.24, 2.45) is 0 Å². The van der Waals surface area contributed by atoms with Gasteiger partial charge in [-0.3, -0.25) is 0 Å². The van der Waals surface area contributed by atoms with Crippen LogP contribution in [-0.2, 0) is 0 Å². The molecule has 3 nitrogen and oxygen atoms in total. The molecule has 0 aromatic carbocycles. The highest BCUT2D eigenvalue weighted by Gasteiger charge is 2.07. The third-order valence-corrected chi connectivity index (χ3v) is 2.47. The summed E-state index contributed by atoms with van der Waals surface area (Å²) in [5, 5.41) is 11.4. The van der Waals surface area contributed by atoms with E-state index in [0.29, 0.717) is 6.04 Å². The number of hydrogen-bond donors (Lipinski definition) is 1. The van der Waals surface area contributed by atoms with Crippen LogP contribution in [0.3, 0.4) is 0 Å². The van der Waals surface area contributed by atoms with Crippen molar-refractivity contribution < 1.29 is 0 Å². The molecule has 1 aromatic rings. The molecule has 0 saturated carbocycles. The third kappa shape index (κ3) is 4.77. The summed E-state index contributed by atoms with van der Waals surface area (Å²) in [5.74, 6) is 0.895. The second kappa shape index (κ2) is 7.21. The molecule has 1 heterocycles. The Hall–Kier alpha value is -1.12. The summed E-state index contributed by atoms with van der Waals surface area (Å²) < 4.78 is 0. The fraction of sp³-hybridized carbons (Fsp3) is 0.667. The van der Waals surface area contributed by atoms with Crippen LogP contribution < -0.4 is 5.32 Å². The molecule has 0 aliphatic heterocycles. The first-order chi connectivity index (χ1) is 7.36. The Morgan fingerprint density at radius 1 is 1.27 bits per heavy atom. The molecule has 0 saturated heterocycles. The molecule has 1 aromatic heterocycles. The van der Waals surface area contributed by atoms with Crippen LogP contribution in [0, 0.1) is 0 Å². The smallest absolute Gasteiger partial charge is 0.148 e. The molecule has 1 atom stereocenters. The number of anilines is 1. The molecule has 0 bridgehead atoms. The van der Waals surface area contributed by atoms with Gasteiger partial charge in [0.25, 0.3) is 0 Å². The summed E-state index contributed by atoms with van der Waals surface area (Å²) >= 11 is 0. The van der Waals surface area contributed by atoms with Gasteiger partial charge in [0.05, 0.1) is 0 Å². The van der Waals surface area contributed by atoms with E-state index in [1.165, 1.54) is 32.1 Å². The molecule has 0 aliphatic carbocycles. The zero-order valence-corrected chi connectivity index (χ0v) is 9.74. The largest absolute Gasteiger partial charge is 0.366 e. The van der Waals surface area contributed by atoms with E-state index in [2.05, 4.69) is 29.4 Å². The predicted octanol–water partition coefficient (Wildman–Crippen LogP) is 3.25. The van der Waals surface area contributed by atoms with Crippen molar-refractivity contribution in [3.8, 4) is 0 Å². The van der Waals surface area contributed by atoms with Gasteiger partial charge in [-0.1, -0.05) is 33.1 Å². The van der Waals surface area contributed by atoms with E-state index in [1.54, 1.807) is 6.20 Å². The van der Waals surface area contributed by atoms with Gasteiger partial charge in [0.15, 0.2) is 0 Å². The van der Waals surface area contributed by atoms with Crippen molar-refractivity contribution in [2.75, 3.05) is 5.32 Å². The Morgan fingerprint density at radius 3 is 2.73 bits per heavy atom. The first-order valence-corrected chi connectivity index (χ1v) is 5.91. The first-order valence-electron chi connectivity index (χ1n) is 5.91. The number of hydrogen-bond acceptors (Lipinski definition) is 3. The minimum absolute atomic E-state index is 0.548. The Labute approximate surface area is 92.3 Å². The van der Waals surface area contributed by atoms with Gasteiger partial charge in [-0.15, -0.1) is 5.10 Å². The molecule has 0 fully saturated rings. The number of nitrogens with zero attached hydrogens (tertiary/aromatic N) is 2. The van der Waals surface area contributed by atoms with E-state index < -0.39 is 0 Å². The third-order valence-electron chi connectivity index (χ3n) is 2.47. The Bertz CT molecular complexity index is 248. The van der Waals surface area contributed by atoms with Crippen LogP contribution in [0.1, 0.15) is 46.0 Å². The molecular weight excluding hydrogens is 186 g/mol. The van der Waals surface area contributed by atoms with Crippen LogP contribution in [0.2, 0.25) is 0 Å². The predicted molar refractivity (Wildman–Crippen MR) is 63.9 cm³/mol. The Balaban J connectivity index is 2.43. The lowest BCUT2D eigenvalue weighted by molar-refractivity contribution is 0.562. The van der Waals surface area contributed by atoms with Gasteiger partial charge >= 0.3 is 0 Å². The average Bonchev–Trinajstić information content (AvgIpc) is 2.28. The lowest BCUT2D eigenvalue weighted by Gasteiger charge is -2.17. The van der Waals surface area contributed by atoms with E-state index in [4.69, 9.17) is 0 Å². The van der Waals surface area contributed by atoms with Crippen LogP contribution in [0.15, 0.2) is 18.3 Å². The summed E-state index contributed by atoms with van der Waals surface area (Å²) in [6, 6.07) is 4.44. The zero-order chi connectivity index (χ0) is 10.9. The van der Waals surface area contributed by atoms with Crippen LogP contribution >= 0.6 is 0 Å². The summed E-state index contributed by atoms with van der Waals surface area (Å²) in [7, 11) is 0. The van der Waals surface area contributed by atoms with Gasteiger partial charge in [-0.05, 0) is 25.0 Å². The van der Waals surface area contributed by atoms with Crippen molar-refractivity contribution in [2.45, 2.75) is 52.0 Å². The average molecular weight is 207 g/mol.